The van der Waals surface area contributed by atoms with Crippen molar-refractivity contribution in [3.63, 3.8) is 0 Å². The molecule has 0 saturated carbocycles. The summed E-state index contributed by atoms with van der Waals surface area (Å²) in [5.41, 5.74) is 1.80. The molecule has 3 heteroatoms. The van der Waals surface area contributed by atoms with Crippen LogP contribution in [0.25, 0.3) is 0 Å². The quantitative estimate of drug-likeness (QED) is 0.884. The van der Waals surface area contributed by atoms with Crippen molar-refractivity contribution in [2.75, 3.05) is 7.11 Å². The highest BCUT2D eigenvalue weighted by Gasteiger charge is 2.10. The standard InChI is InChI=1S/C16H18FNO/c1-12(13-7-4-3-5-8-13)18-11-14-9-6-10-15(19-2)16(14)17/h3-10,12,18H,11H2,1-2H3/t12-/m0/s1. The number of ether oxygens (including phenoxy) is 1. The van der Waals surface area contributed by atoms with E-state index in [1.165, 1.54) is 12.7 Å². The smallest absolute Gasteiger partial charge is 0.169 e. The van der Waals surface area contributed by atoms with Crippen molar-refractivity contribution >= 4 is 0 Å². The lowest BCUT2D eigenvalue weighted by Crippen LogP contribution is -2.18. The number of methoxy groups -OCH3 is 1. The van der Waals surface area contributed by atoms with Gasteiger partial charge >= 0.3 is 0 Å². The van der Waals surface area contributed by atoms with Gasteiger partial charge < -0.3 is 10.1 Å². The molecule has 0 fully saturated rings. The number of benzene rings is 2. The van der Waals surface area contributed by atoms with Crippen molar-refractivity contribution < 1.29 is 9.13 Å². The van der Waals surface area contributed by atoms with Crippen molar-refractivity contribution in [2.45, 2.75) is 19.5 Å². The van der Waals surface area contributed by atoms with Crippen LogP contribution in [-0.4, -0.2) is 7.11 Å². The molecule has 100 valence electrons. The maximum atomic E-state index is 14.0. The first-order valence-corrected chi connectivity index (χ1v) is 6.32. The van der Waals surface area contributed by atoms with E-state index in [0.717, 1.165) is 0 Å². The van der Waals surface area contributed by atoms with Crippen molar-refractivity contribution in [1.29, 1.82) is 0 Å². The predicted molar refractivity (Wildman–Crippen MR) is 74.6 cm³/mol. The van der Waals surface area contributed by atoms with E-state index < -0.39 is 0 Å². The van der Waals surface area contributed by atoms with Crippen molar-refractivity contribution in [3.05, 3.63) is 65.5 Å². The lowest BCUT2D eigenvalue weighted by atomic mass is 10.1. The molecule has 1 N–H and O–H groups in total. The molecule has 0 heterocycles. The van der Waals surface area contributed by atoms with E-state index in [1.807, 2.05) is 18.2 Å². The second kappa shape index (κ2) is 6.34. The molecule has 0 aromatic heterocycles. The highest BCUT2D eigenvalue weighted by molar-refractivity contribution is 5.31. The highest BCUT2D eigenvalue weighted by atomic mass is 19.1. The fourth-order valence-electron chi connectivity index (χ4n) is 1.97. The topological polar surface area (TPSA) is 21.3 Å². The minimum Gasteiger partial charge on any atom is -0.494 e. The molecule has 19 heavy (non-hydrogen) atoms. The largest absolute Gasteiger partial charge is 0.494 e. The molecule has 0 bridgehead atoms. The molecule has 0 amide bonds. The number of hydrogen-bond donors (Lipinski definition) is 1. The van der Waals surface area contributed by atoms with Gasteiger partial charge in [-0.25, -0.2) is 4.39 Å². The van der Waals surface area contributed by atoms with Crippen LogP contribution in [0.4, 0.5) is 4.39 Å². The third-order valence-electron chi connectivity index (χ3n) is 3.16. The Morgan fingerprint density at radius 3 is 2.53 bits per heavy atom. The summed E-state index contributed by atoms with van der Waals surface area (Å²) in [4.78, 5) is 0. The van der Waals surface area contributed by atoms with Crippen LogP contribution in [-0.2, 0) is 6.54 Å². The Balaban J connectivity index is 2.03. The van der Waals surface area contributed by atoms with Gasteiger partial charge in [-0.15, -0.1) is 0 Å². The maximum Gasteiger partial charge on any atom is 0.169 e. The summed E-state index contributed by atoms with van der Waals surface area (Å²) < 4.78 is 18.9. The molecular formula is C16H18FNO. The van der Waals surface area contributed by atoms with Crippen LogP contribution in [0.2, 0.25) is 0 Å². The van der Waals surface area contributed by atoms with Crippen LogP contribution in [0.15, 0.2) is 48.5 Å². The average Bonchev–Trinajstić information content (AvgIpc) is 2.47. The van der Waals surface area contributed by atoms with Gasteiger partial charge in [0.25, 0.3) is 0 Å². The second-order valence-corrected chi connectivity index (χ2v) is 4.45. The van der Waals surface area contributed by atoms with Gasteiger partial charge in [-0.1, -0.05) is 42.5 Å². The van der Waals surface area contributed by atoms with Crippen molar-refractivity contribution in [1.82, 2.24) is 5.32 Å². The van der Waals surface area contributed by atoms with E-state index in [2.05, 4.69) is 24.4 Å². The van der Waals surface area contributed by atoms with E-state index in [9.17, 15) is 4.39 Å². The van der Waals surface area contributed by atoms with Gasteiger partial charge in [0, 0.05) is 18.2 Å². The first-order valence-electron chi connectivity index (χ1n) is 6.32. The van der Waals surface area contributed by atoms with Crippen molar-refractivity contribution in [2.24, 2.45) is 0 Å². The molecule has 2 nitrogen and oxygen atoms in total. The summed E-state index contributed by atoms with van der Waals surface area (Å²) in [6, 6.07) is 15.5. The predicted octanol–water partition coefficient (Wildman–Crippen LogP) is 3.69. The van der Waals surface area contributed by atoms with Gasteiger partial charge in [0.2, 0.25) is 0 Å². The number of nitrogens with one attached hydrogen (secondary N) is 1. The van der Waals surface area contributed by atoms with E-state index in [0.29, 0.717) is 12.1 Å². The monoisotopic (exact) mass is 259 g/mol. The molecule has 0 unspecified atom stereocenters. The molecule has 2 aromatic rings. The fraction of sp³-hybridized carbons (Fsp3) is 0.250. The zero-order valence-electron chi connectivity index (χ0n) is 11.2. The van der Waals surface area contributed by atoms with Gasteiger partial charge in [-0.2, -0.15) is 0 Å². The third-order valence-corrected chi connectivity index (χ3v) is 3.16. The minimum absolute atomic E-state index is 0.173. The van der Waals surface area contributed by atoms with E-state index in [-0.39, 0.29) is 17.6 Å². The lowest BCUT2D eigenvalue weighted by molar-refractivity contribution is 0.382. The van der Waals surface area contributed by atoms with E-state index in [1.54, 1.807) is 18.2 Å². The molecule has 1 atom stereocenters. The highest BCUT2D eigenvalue weighted by Crippen LogP contribution is 2.20. The molecule has 0 spiro atoms. The van der Waals surface area contributed by atoms with Gasteiger partial charge in [-0.3, -0.25) is 0 Å². The Bertz CT molecular complexity index is 528. The number of hydrogen-bond acceptors (Lipinski definition) is 2. The summed E-state index contributed by atoms with van der Waals surface area (Å²) >= 11 is 0. The zero-order chi connectivity index (χ0) is 13.7. The van der Waals surface area contributed by atoms with Crippen LogP contribution >= 0.6 is 0 Å². The normalized spacial score (nSPS) is 12.2. The van der Waals surface area contributed by atoms with E-state index in [4.69, 9.17) is 4.74 Å². The van der Waals surface area contributed by atoms with Gasteiger partial charge in [-0.05, 0) is 18.6 Å². The molecular weight excluding hydrogens is 241 g/mol. The van der Waals surface area contributed by atoms with E-state index >= 15 is 0 Å². The van der Waals surface area contributed by atoms with Gasteiger partial charge in [0.1, 0.15) is 0 Å². The summed E-state index contributed by atoms with van der Waals surface area (Å²) in [6.07, 6.45) is 0. The summed E-state index contributed by atoms with van der Waals surface area (Å²) in [6.45, 7) is 2.53. The number of rotatable bonds is 5. The van der Waals surface area contributed by atoms with Crippen LogP contribution in [0, 0.1) is 5.82 Å². The molecule has 2 rings (SSSR count). The Hall–Kier alpha value is -1.87. The Morgan fingerprint density at radius 2 is 1.84 bits per heavy atom. The molecule has 0 radical (unpaired) electrons. The van der Waals surface area contributed by atoms with Crippen LogP contribution in [0.1, 0.15) is 24.1 Å². The third kappa shape index (κ3) is 3.32. The molecule has 0 aliphatic heterocycles. The Morgan fingerprint density at radius 1 is 1.11 bits per heavy atom. The zero-order valence-corrected chi connectivity index (χ0v) is 11.2. The fourth-order valence-corrected chi connectivity index (χ4v) is 1.97. The SMILES string of the molecule is COc1cccc(CN[C@@H](C)c2ccccc2)c1F. The Kier molecular flexibility index (Phi) is 4.53. The summed E-state index contributed by atoms with van der Waals surface area (Å²) in [5, 5.41) is 3.31. The maximum absolute atomic E-state index is 14.0. The molecule has 0 saturated heterocycles. The first-order chi connectivity index (χ1) is 9.22. The second-order valence-electron chi connectivity index (χ2n) is 4.45. The van der Waals surface area contributed by atoms with Gasteiger partial charge in [0.15, 0.2) is 11.6 Å². The first kappa shape index (κ1) is 13.6. The molecule has 0 aliphatic carbocycles. The lowest BCUT2D eigenvalue weighted by Gasteiger charge is -2.15. The number of halogens is 1. The summed E-state index contributed by atoms with van der Waals surface area (Å²) in [7, 11) is 1.47. The van der Waals surface area contributed by atoms with Crippen LogP contribution in [0.5, 0.6) is 5.75 Å². The summed E-state index contributed by atoms with van der Waals surface area (Å²) in [5.74, 6) is -0.00979. The minimum atomic E-state index is -0.294. The Labute approximate surface area is 113 Å². The van der Waals surface area contributed by atoms with Gasteiger partial charge in [0.05, 0.1) is 7.11 Å². The molecule has 0 aliphatic rings. The van der Waals surface area contributed by atoms with Crippen molar-refractivity contribution in [3.8, 4) is 5.75 Å². The average molecular weight is 259 g/mol. The van der Waals surface area contributed by atoms with Crippen LogP contribution < -0.4 is 10.1 Å². The molecule has 2 aromatic carbocycles. The van der Waals surface area contributed by atoms with Crippen LogP contribution in [0.3, 0.4) is 0 Å².